The van der Waals surface area contributed by atoms with E-state index in [1.54, 1.807) is 12.1 Å². The van der Waals surface area contributed by atoms with Gasteiger partial charge in [0, 0.05) is 36.4 Å². The van der Waals surface area contributed by atoms with Crippen LogP contribution in [0.5, 0.6) is 0 Å². The molecule has 2 amide bonds. The van der Waals surface area contributed by atoms with E-state index in [1.807, 2.05) is 13.0 Å². The predicted molar refractivity (Wildman–Crippen MR) is 104 cm³/mol. The van der Waals surface area contributed by atoms with Gasteiger partial charge in [-0.3, -0.25) is 9.59 Å². The summed E-state index contributed by atoms with van der Waals surface area (Å²) >= 11 is 1.51. The van der Waals surface area contributed by atoms with Gasteiger partial charge in [-0.25, -0.2) is 0 Å². The molecule has 0 fully saturated rings. The summed E-state index contributed by atoms with van der Waals surface area (Å²) in [7, 11) is 0. The standard InChI is InChI=1S/C19H23N5O2S/c1-12-18(25)21-14-11-13(6-7-15(14)27-12)19(26)20-9-8-17-23-22-16-5-3-2-4-10-24(16)17/h6-7,11-12H,2-5,8-10H2,1H3,(H,20,26)(H,21,25)/t12-/m0/s1. The molecule has 1 aromatic heterocycles. The molecule has 27 heavy (non-hydrogen) atoms. The Morgan fingerprint density at radius 2 is 2.22 bits per heavy atom. The van der Waals surface area contributed by atoms with Gasteiger partial charge in [-0.1, -0.05) is 6.42 Å². The van der Waals surface area contributed by atoms with Gasteiger partial charge >= 0.3 is 0 Å². The minimum Gasteiger partial charge on any atom is -0.352 e. The Hall–Kier alpha value is -2.35. The normalized spacial score (nSPS) is 18.9. The average molecular weight is 385 g/mol. The molecule has 0 aliphatic carbocycles. The van der Waals surface area contributed by atoms with Crippen LogP contribution in [0.1, 0.15) is 48.2 Å². The van der Waals surface area contributed by atoms with E-state index < -0.39 is 0 Å². The van der Waals surface area contributed by atoms with Crippen LogP contribution >= 0.6 is 11.8 Å². The number of aromatic nitrogens is 3. The van der Waals surface area contributed by atoms with E-state index in [-0.39, 0.29) is 17.1 Å². The summed E-state index contributed by atoms with van der Waals surface area (Å²) in [4.78, 5) is 25.3. The summed E-state index contributed by atoms with van der Waals surface area (Å²) in [5.41, 5.74) is 1.25. The average Bonchev–Trinajstić information content (AvgIpc) is 2.88. The third-order valence-corrected chi connectivity index (χ3v) is 6.17. The maximum atomic E-state index is 12.5. The first-order valence-corrected chi connectivity index (χ1v) is 10.3. The number of rotatable bonds is 4. The Labute approximate surface area is 162 Å². The highest BCUT2D eigenvalue weighted by atomic mass is 32.2. The molecule has 2 aliphatic heterocycles. The summed E-state index contributed by atoms with van der Waals surface area (Å²) in [5.74, 6) is 1.82. The molecule has 1 aromatic carbocycles. The first-order chi connectivity index (χ1) is 13.1. The van der Waals surface area contributed by atoms with Crippen LogP contribution < -0.4 is 10.6 Å². The zero-order chi connectivity index (χ0) is 18.8. The van der Waals surface area contributed by atoms with Crippen molar-refractivity contribution < 1.29 is 9.59 Å². The Morgan fingerprint density at radius 3 is 3.11 bits per heavy atom. The van der Waals surface area contributed by atoms with E-state index in [9.17, 15) is 9.59 Å². The van der Waals surface area contributed by atoms with Gasteiger partial charge in [0.25, 0.3) is 5.91 Å². The largest absolute Gasteiger partial charge is 0.352 e. The molecule has 2 aromatic rings. The van der Waals surface area contributed by atoms with E-state index in [1.165, 1.54) is 24.6 Å². The van der Waals surface area contributed by atoms with Gasteiger partial charge < -0.3 is 15.2 Å². The molecule has 0 spiro atoms. The Balaban J connectivity index is 1.37. The minimum absolute atomic E-state index is 0.0300. The molecule has 0 unspecified atom stereocenters. The van der Waals surface area contributed by atoms with Crippen LogP contribution in [-0.4, -0.2) is 38.4 Å². The zero-order valence-corrected chi connectivity index (χ0v) is 16.1. The van der Waals surface area contributed by atoms with Crippen molar-refractivity contribution in [3.63, 3.8) is 0 Å². The molecule has 0 radical (unpaired) electrons. The van der Waals surface area contributed by atoms with Crippen LogP contribution in [0.15, 0.2) is 23.1 Å². The fraction of sp³-hybridized carbons (Fsp3) is 0.474. The van der Waals surface area contributed by atoms with Crippen LogP contribution in [0, 0.1) is 0 Å². The van der Waals surface area contributed by atoms with Gasteiger partial charge in [0.1, 0.15) is 11.6 Å². The van der Waals surface area contributed by atoms with E-state index >= 15 is 0 Å². The van der Waals surface area contributed by atoms with Crippen LogP contribution in [-0.2, 0) is 24.2 Å². The van der Waals surface area contributed by atoms with Crippen molar-refractivity contribution in [3.8, 4) is 0 Å². The van der Waals surface area contributed by atoms with Crippen LogP contribution in [0.25, 0.3) is 0 Å². The Kier molecular flexibility index (Phi) is 5.15. The van der Waals surface area contributed by atoms with Crippen molar-refractivity contribution >= 4 is 29.3 Å². The molecule has 0 saturated heterocycles. The van der Waals surface area contributed by atoms with E-state index in [2.05, 4.69) is 25.4 Å². The molecule has 142 valence electrons. The number of fused-ring (bicyclic) bond motifs is 2. The second kappa shape index (κ2) is 7.72. The van der Waals surface area contributed by atoms with Crippen molar-refractivity contribution in [1.82, 2.24) is 20.1 Å². The Bertz CT molecular complexity index is 879. The number of anilines is 1. The van der Waals surface area contributed by atoms with Gasteiger partial charge in [0.05, 0.1) is 10.9 Å². The monoisotopic (exact) mass is 385 g/mol. The molecule has 0 bridgehead atoms. The topological polar surface area (TPSA) is 88.9 Å². The zero-order valence-electron chi connectivity index (χ0n) is 15.3. The molecular formula is C19H23N5O2S. The molecule has 2 aliphatic rings. The number of hydrogen-bond acceptors (Lipinski definition) is 5. The van der Waals surface area contributed by atoms with E-state index in [0.717, 1.165) is 35.9 Å². The third kappa shape index (κ3) is 3.85. The van der Waals surface area contributed by atoms with Gasteiger partial charge in [0.2, 0.25) is 5.91 Å². The quantitative estimate of drug-likeness (QED) is 0.844. The van der Waals surface area contributed by atoms with E-state index in [0.29, 0.717) is 24.2 Å². The SMILES string of the molecule is C[C@@H]1Sc2ccc(C(=O)NCCc3nnc4n3CCCCC4)cc2NC1=O. The number of aryl methyl sites for hydroxylation is 1. The highest BCUT2D eigenvalue weighted by Gasteiger charge is 2.23. The van der Waals surface area contributed by atoms with Gasteiger partial charge in [-0.15, -0.1) is 22.0 Å². The Morgan fingerprint density at radius 1 is 1.33 bits per heavy atom. The minimum atomic E-state index is -0.147. The lowest BCUT2D eigenvalue weighted by Crippen LogP contribution is -2.28. The third-order valence-electron chi connectivity index (χ3n) is 4.99. The van der Waals surface area contributed by atoms with Crippen molar-refractivity contribution in [2.24, 2.45) is 0 Å². The molecule has 4 rings (SSSR count). The smallest absolute Gasteiger partial charge is 0.251 e. The first kappa shape index (κ1) is 18.0. The lowest BCUT2D eigenvalue weighted by Gasteiger charge is -2.21. The highest BCUT2D eigenvalue weighted by Crippen LogP contribution is 2.35. The van der Waals surface area contributed by atoms with Crippen LogP contribution in [0.4, 0.5) is 5.69 Å². The lowest BCUT2D eigenvalue weighted by atomic mass is 10.1. The van der Waals surface area contributed by atoms with Crippen molar-refractivity contribution in [2.45, 2.75) is 55.7 Å². The number of hydrogen-bond donors (Lipinski definition) is 2. The summed E-state index contributed by atoms with van der Waals surface area (Å²) < 4.78 is 2.20. The second-order valence-electron chi connectivity index (χ2n) is 6.96. The number of nitrogens with zero attached hydrogens (tertiary/aromatic N) is 3. The molecule has 3 heterocycles. The predicted octanol–water partition coefficient (Wildman–Crippen LogP) is 2.41. The fourth-order valence-corrected chi connectivity index (χ4v) is 4.40. The number of carbonyl (C=O) groups excluding carboxylic acids is 2. The summed E-state index contributed by atoms with van der Waals surface area (Å²) in [6, 6.07) is 5.43. The number of nitrogens with one attached hydrogen (secondary N) is 2. The fourth-order valence-electron chi connectivity index (χ4n) is 3.47. The molecule has 1 atom stereocenters. The first-order valence-electron chi connectivity index (χ1n) is 9.42. The van der Waals surface area contributed by atoms with Crippen LogP contribution in [0.3, 0.4) is 0 Å². The maximum Gasteiger partial charge on any atom is 0.251 e. The van der Waals surface area contributed by atoms with Crippen LogP contribution in [0.2, 0.25) is 0 Å². The summed E-state index contributed by atoms with van der Waals surface area (Å²) in [6.07, 6.45) is 5.19. The molecule has 2 N–H and O–H groups in total. The van der Waals surface area contributed by atoms with Gasteiger partial charge in [0.15, 0.2) is 0 Å². The van der Waals surface area contributed by atoms with Gasteiger partial charge in [-0.2, -0.15) is 0 Å². The lowest BCUT2D eigenvalue weighted by molar-refractivity contribution is -0.115. The molecule has 7 nitrogen and oxygen atoms in total. The molecule has 8 heteroatoms. The number of carbonyl (C=O) groups is 2. The number of thioether (sulfide) groups is 1. The van der Waals surface area contributed by atoms with Gasteiger partial charge in [-0.05, 0) is 38.0 Å². The van der Waals surface area contributed by atoms with Crippen molar-refractivity contribution in [3.05, 3.63) is 35.4 Å². The van der Waals surface area contributed by atoms with E-state index in [4.69, 9.17) is 0 Å². The number of amides is 2. The van der Waals surface area contributed by atoms with Crippen molar-refractivity contribution in [1.29, 1.82) is 0 Å². The molecular weight excluding hydrogens is 362 g/mol. The maximum absolute atomic E-state index is 12.5. The summed E-state index contributed by atoms with van der Waals surface area (Å²) in [5, 5.41) is 14.3. The second-order valence-corrected chi connectivity index (χ2v) is 8.34. The highest BCUT2D eigenvalue weighted by molar-refractivity contribution is 8.00. The summed E-state index contributed by atoms with van der Waals surface area (Å²) in [6.45, 7) is 3.34. The number of benzene rings is 1. The van der Waals surface area contributed by atoms with Crippen molar-refractivity contribution in [2.75, 3.05) is 11.9 Å². The molecule has 0 saturated carbocycles.